The van der Waals surface area contributed by atoms with Crippen LogP contribution in [-0.2, 0) is 17.9 Å². The van der Waals surface area contributed by atoms with Crippen molar-refractivity contribution in [2.24, 2.45) is 0 Å². The van der Waals surface area contributed by atoms with Gasteiger partial charge in [-0.2, -0.15) is 0 Å². The number of rotatable bonds is 9. The minimum absolute atomic E-state index is 0.0949. The smallest absolute Gasteiger partial charge is 0.275 e. The summed E-state index contributed by atoms with van der Waals surface area (Å²) in [5, 5.41) is 3.04. The number of nitrogens with one attached hydrogen (secondary N) is 3. The van der Waals surface area contributed by atoms with E-state index < -0.39 is 0 Å². The van der Waals surface area contributed by atoms with Crippen LogP contribution in [0.5, 0.6) is 11.5 Å². The molecule has 0 spiro atoms. The Balaban J connectivity index is 1.39. The summed E-state index contributed by atoms with van der Waals surface area (Å²) < 4.78 is 10.6. The van der Waals surface area contributed by atoms with Gasteiger partial charge in [0.1, 0.15) is 32.7 Å². The van der Waals surface area contributed by atoms with Gasteiger partial charge in [-0.05, 0) is 29.2 Å². The first-order valence-corrected chi connectivity index (χ1v) is 11.2. The molecule has 0 atom stereocenters. The second-order valence-electron chi connectivity index (χ2n) is 8.72. The Bertz CT molecular complexity index is 844. The van der Waals surface area contributed by atoms with Gasteiger partial charge in [-0.15, -0.1) is 0 Å². The third-order valence-electron chi connectivity index (χ3n) is 6.11. The summed E-state index contributed by atoms with van der Waals surface area (Å²) in [7, 11) is 3.23. The Labute approximate surface area is 186 Å². The molecule has 0 aromatic heterocycles. The predicted molar refractivity (Wildman–Crippen MR) is 122 cm³/mol. The number of piperazine rings is 1. The molecule has 3 N–H and O–H groups in total. The van der Waals surface area contributed by atoms with Crippen molar-refractivity contribution in [1.82, 2.24) is 5.32 Å². The van der Waals surface area contributed by atoms with Gasteiger partial charge in [0.15, 0.2) is 18.0 Å². The fraction of sp³-hybridized carbons (Fsp3) is 0.480. The second-order valence-corrected chi connectivity index (χ2v) is 8.72. The van der Waals surface area contributed by atoms with Gasteiger partial charge in [-0.1, -0.05) is 44.2 Å². The number of hydrogen-bond acceptors (Lipinski definition) is 3. The van der Waals surface area contributed by atoms with Crippen molar-refractivity contribution in [3.63, 3.8) is 0 Å². The lowest BCUT2D eigenvalue weighted by Gasteiger charge is -2.29. The van der Waals surface area contributed by atoms with Crippen LogP contribution in [0.4, 0.5) is 0 Å². The maximum atomic E-state index is 12.4. The molecule has 1 aliphatic heterocycles. The Morgan fingerprint density at radius 3 is 2.13 bits per heavy atom. The van der Waals surface area contributed by atoms with Gasteiger partial charge >= 0.3 is 0 Å². The van der Waals surface area contributed by atoms with Crippen LogP contribution in [-0.4, -0.2) is 52.9 Å². The van der Waals surface area contributed by atoms with Gasteiger partial charge in [0.25, 0.3) is 5.91 Å². The SMILES string of the molecule is COc1ccc(CNC(=O)C[NH+]2CC[NH+](Cc3ccc(C(C)C)cc3)CC2)cc1OC. The van der Waals surface area contributed by atoms with Crippen molar-refractivity contribution >= 4 is 5.91 Å². The minimum atomic E-state index is 0.0949. The molecule has 6 nitrogen and oxygen atoms in total. The van der Waals surface area contributed by atoms with Crippen LogP contribution in [0.25, 0.3) is 0 Å². The number of amides is 1. The molecule has 0 radical (unpaired) electrons. The first-order valence-electron chi connectivity index (χ1n) is 11.2. The Hall–Kier alpha value is -2.57. The predicted octanol–water partition coefficient (Wildman–Crippen LogP) is 0.427. The summed E-state index contributed by atoms with van der Waals surface area (Å²) in [6.07, 6.45) is 0. The van der Waals surface area contributed by atoms with E-state index in [-0.39, 0.29) is 5.91 Å². The van der Waals surface area contributed by atoms with Gasteiger partial charge in [0, 0.05) is 12.1 Å². The van der Waals surface area contributed by atoms with E-state index >= 15 is 0 Å². The van der Waals surface area contributed by atoms with Gasteiger partial charge < -0.3 is 24.6 Å². The minimum Gasteiger partial charge on any atom is -0.493 e. The topological polar surface area (TPSA) is 56.4 Å². The van der Waals surface area contributed by atoms with Crippen molar-refractivity contribution in [2.75, 3.05) is 46.9 Å². The zero-order valence-corrected chi connectivity index (χ0v) is 19.3. The standard InChI is InChI=1S/C25H35N3O3/c1-19(2)22-8-5-20(6-9-22)17-27-11-13-28(14-12-27)18-25(29)26-16-21-7-10-23(30-3)24(15-21)31-4/h5-10,15,19H,11-14,16-18H2,1-4H3,(H,26,29)/p+2. The highest BCUT2D eigenvalue weighted by Crippen LogP contribution is 2.27. The largest absolute Gasteiger partial charge is 0.493 e. The fourth-order valence-electron chi connectivity index (χ4n) is 4.10. The highest BCUT2D eigenvalue weighted by Gasteiger charge is 2.24. The molecule has 0 bridgehead atoms. The summed E-state index contributed by atoms with van der Waals surface area (Å²) in [5.74, 6) is 2.04. The summed E-state index contributed by atoms with van der Waals surface area (Å²) in [6, 6.07) is 14.8. The number of methoxy groups -OCH3 is 2. The van der Waals surface area contributed by atoms with E-state index in [2.05, 4.69) is 43.4 Å². The van der Waals surface area contributed by atoms with Crippen LogP contribution in [0.15, 0.2) is 42.5 Å². The molecule has 1 saturated heterocycles. The molecule has 1 amide bonds. The van der Waals surface area contributed by atoms with E-state index in [9.17, 15) is 4.79 Å². The first kappa shape index (κ1) is 23.1. The lowest BCUT2D eigenvalue weighted by atomic mass is 10.0. The van der Waals surface area contributed by atoms with E-state index in [4.69, 9.17) is 9.47 Å². The van der Waals surface area contributed by atoms with E-state index in [1.807, 2.05) is 18.2 Å². The molecular weight excluding hydrogens is 390 g/mol. The molecule has 0 saturated carbocycles. The molecule has 3 rings (SSSR count). The van der Waals surface area contributed by atoms with Crippen molar-refractivity contribution in [3.05, 3.63) is 59.2 Å². The molecule has 2 aromatic carbocycles. The number of hydrogen-bond donors (Lipinski definition) is 3. The van der Waals surface area contributed by atoms with E-state index in [1.54, 1.807) is 19.1 Å². The summed E-state index contributed by atoms with van der Waals surface area (Å²) >= 11 is 0. The van der Waals surface area contributed by atoms with E-state index in [0.717, 1.165) is 38.3 Å². The Kier molecular flexibility index (Phi) is 8.32. The molecule has 1 fully saturated rings. The van der Waals surface area contributed by atoms with Crippen LogP contribution in [0.3, 0.4) is 0 Å². The maximum Gasteiger partial charge on any atom is 0.275 e. The van der Waals surface area contributed by atoms with Gasteiger partial charge in [-0.3, -0.25) is 4.79 Å². The van der Waals surface area contributed by atoms with Crippen molar-refractivity contribution in [1.29, 1.82) is 0 Å². The molecule has 1 aliphatic rings. The van der Waals surface area contributed by atoms with E-state index in [0.29, 0.717) is 30.5 Å². The summed E-state index contributed by atoms with van der Waals surface area (Å²) in [6.45, 7) is 10.8. The zero-order valence-electron chi connectivity index (χ0n) is 19.3. The van der Waals surface area contributed by atoms with Crippen molar-refractivity contribution in [3.8, 4) is 11.5 Å². The van der Waals surface area contributed by atoms with Gasteiger partial charge in [-0.25, -0.2) is 0 Å². The number of carbonyl (C=O) groups excluding carboxylic acids is 1. The molecule has 31 heavy (non-hydrogen) atoms. The maximum absolute atomic E-state index is 12.4. The molecule has 1 heterocycles. The van der Waals surface area contributed by atoms with Crippen LogP contribution in [0, 0.1) is 0 Å². The number of quaternary nitrogens is 2. The average Bonchev–Trinajstić information content (AvgIpc) is 2.79. The Morgan fingerprint density at radius 1 is 0.903 bits per heavy atom. The highest BCUT2D eigenvalue weighted by molar-refractivity contribution is 5.76. The van der Waals surface area contributed by atoms with Crippen LogP contribution < -0.4 is 24.6 Å². The third-order valence-corrected chi connectivity index (χ3v) is 6.11. The molecule has 6 heteroatoms. The van der Waals surface area contributed by atoms with Crippen LogP contribution >= 0.6 is 0 Å². The van der Waals surface area contributed by atoms with Crippen LogP contribution in [0.2, 0.25) is 0 Å². The Morgan fingerprint density at radius 2 is 1.52 bits per heavy atom. The lowest BCUT2D eigenvalue weighted by Crippen LogP contribution is -3.28. The zero-order chi connectivity index (χ0) is 22.2. The highest BCUT2D eigenvalue weighted by atomic mass is 16.5. The molecule has 0 aliphatic carbocycles. The molecular formula is C25H37N3O3+2. The molecule has 168 valence electrons. The lowest BCUT2D eigenvalue weighted by molar-refractivity contribution is -1.02. The average molecular weight is 428 g/mol. The number of benzene rings is 2. The fourth-order valence-corrected chi connectivity index (χ4v) is 4.10. The van der Waals surface area contributed by atoms with Gasteiger partial charge in [0.2, 0.25) is 0 Å². The number of ether oxygens (including phenoxy) is 2. The third kappa shape index (κ3) is 6.71. The second kappa shape index (κ2) is 11.2. The first-order chi connectivity index (χ1) is 15.0. The monoisotopic (exact) mass is 427 g/mol. The summed E-state index contributed by atoms with van der Waals surface area (Å²) in [5.41, 5.74) is 3.79. The van der Waals surface area contributed by atoms with E-state index in [1.165, 1.54) is 16.0 Å². The van der Waals surface area contributed by atoms with Gasteiger partial charge in [0.05, 0.1) is 14.2 Å². The molecule has 2 aromatic rings. The molecule has 0 unspecified atom stereocenters. The van der Waals surface area contributed by atoms with Crippen molar-refractivity contribution < 1.29 is 24.1 Å². The quantitative estimate of drug-likeness (QED) is 0.544. The number of carbonyl (C=O) groups is 1. The van der Waals surface area contributed by atoms with Crippen molar-refractivity contribution in [2.45, 2.75) is 32.9 Å². The normalized spacial score (nSPS) is 18.6. The summed E-state index contributed by atoms with van der Waals surface area (Å²) in [4.78, 5) is 15.4. The van der Waals surface area contributed by atoms with Crippen LogP contribution in [0.1, 0.15) is 36.5 Å².